The Morgan fingerprint density at radius 2 is 1.67 bits per heavy atom. The highest BCUT2D eigenvalue weighted by Gasteiger charge is 2.14. The van der Waals surface area contributed by atoms with Gasteiger partial charge in [0.25, 0.3) is 5.91 Å². The summed E-state index contributed by atoms with van der Waals surface area (Å²) < 4.78 is 5.39. The molecule has 0 fully saturated rings. The summed E-state index contributed by atoms with van der Waals surface area (Å²) in [7, 11) is 0. The third kappa shape index (κ3) is 4.18. The molecule has 108 valence electrons. The van der Waals surface area contributed by atoms with Gasteiger partial charge in [-0.05, 0) is 24.6 Å². The quantitative estimate of drug-likeness (QED) is 0.917. The molecule has 2 aromatic rings. The van der Waals surface area contributed by atoms with E-state index in [0.29, 0.717) is 17.9 Å². The van der Waals surface area contributed by atoms with Crippen LogP contribution in [0.2, 0.25) is 0 Å². The molecule has 21 heavy (non-hydrogen) atoms. The number of imide groups is 1. The number of ether oxygens (including phenoxy) is 1. The van der Waals surface area contributed by atoms with Crippen LogP contribution < -0.4 is 10.1 Å². The fraction of sp³-hybridized carbons (Fsp3) is 0.176. The second-order valence-electron chi connectivity index (χ2n) is 4.47. The Hall–Kier alpha value is -2.62. The predicted octanol–water partition coefficient (Wildman–Crippen LogP) is 2.58. The van der Waals surface area contributed by atoms with Crippen molar-refractivity contribution in [1.29, 1.82) is 0 Å². The molecule has 0 aliphatic rings. The number of hydrogen-bond acceptors (Lipinski definition) is 3. The molecule has 2 rings (SSSR count). The third-order valence-corrected chi connectivity index (χ3v) is 2.89. The molecule has 4 nitrogen and oxygen atoms in total. The van der Waals surface area contributed by atoms with E-state index in [4.69, 9.17) is 4.74 Å². The second kappa shape index (κ2) is 7.24. The van der Waals surface area contributed by atoms with Crippen LogP contribution in [0.1, 0.15) is 22.8 Å². The molecular formula is C17H17NO3. The molecule has 0 unspecified atom stereocenters. The van der Waals surface area contributed by atoms with E-state index in [1.165, 1.54) is 0 Å². The van der Waals surface area contributed by atoms with Gasteiger partial charge < -0.3 is 4.74 Å². The molecule has 1 N–H and O–H groups in total. The first-order valence-corrected chi connectivity index (χ1v) is 6.80. The smallest absolute Gasteiger partial charge is 0.261 e. The normalized spacial score (nSPS) is 9.95. The van der Waals surface area contributed by atoms with Gasteiger partial charge in [0.1, 0.15) is 5.75 Å². The molecule has 2 amide bonds. The lowest BCUT2D eigenvalue weighted by Crippen LogP contribution is -2.32. The van der Waals surface area contributed by atoms with Gasteiger partial charge in [-0.1, -0.05) is 42.5 Å². The van der Waals surface area contributed by atoms with Crippen LogP contribution in [-0.2, 0) is 11.2 Å². The minimum Gasteiger partial charge on any atom is -0.493 e. The standard InChI is InChI=1S/C17H17NO3/c1-2-21-15-11-7-6-10-14(15)17(20)18-16(19)12-13-8-4-3-5-9-13/h3-11H,2,12H2,1H3,(H,18,19,20). The Morgan fingerprint density at radius 1 is 1.00 bits per heavy atom. The SMILES string of the molecule is CCOc1ccccc1C(=O)NC(=O)Cc1ccccc1. The first-order valence-electron chi connectivity index (χ1n) is 6.80. The zero-order valence-corrected chi connectivity index (χ0v) is 11.8. The number of carbonyl (C=O) groups excluding carboxylic acids is 2. The highest BCUT2D eigenvalue weighted by molar-refractivity contribution is 6.06. The van der Waals surface area contributed by atoms with Gasteiger partial charge in [-0.25, -0.2) is 0 Å². The summed E-state index contributed by atoms with van der Waals surface area (Å²) in [5.41, 5.74) is 1.22. The van der Waals surface area contributed by atoms with Gasteiger partial charge in [-0.3, -0.25) is 14.9 Å². The van der Waals surface area contributed by atoms with Crippen molar-refractivity contribution in [2.24, 2.45) is 0 Å². The van der Waals surface area contributed by atoms with Crippen LogP contribution in [0.15, 0.2) is 54.6 Å². The zero-order valence-electron chi connectivity index (χ0n) is 11.8. The summed E-state index contributed by atoms with van der Waals surface area (Å²) in [6.45, 7) is 2.30. The molecule has 0 radical (unpaired) electrons. The molecule has 0 aliphatic carbocycles. The monoisotopic (exact) mass is 283 g/mol. The molecule has 0 heterocycles. The maximum atomic E-state index is 12.1. The average molecular weight is 283 g/mol. The number of nitrogens with one attached hydrogen (secondary N) is 1. The summed E-state index contributed by atoms with van der Waals surface area (Å²) in [6, 6.07) is 16.1. The molecule has 0 bridgehead atoms. The van der Waals surface area contributed by atoms with E-state index >= 15 is 0 Å². The van der Waals surface area contributed by atoms with Crippen molar-refractivity contribution in [3.05, 3.63) is 65.7 Å². The molecule has 2 aromatic carbocycles. The van der Waals surface area contributed by atoms with E-state index in [1.807, 2.05) is 37.3 Å². The number of hydrogen-bond donors (Lipinski definition) is 1. The van der Waals surface area contributed by atoms with Crippen LogP contribution in [0.5, 0.6) is 5.75 Å². The van der Waals surface area contributed by atoms with Crippen LogP contribution in [0.25, 0.3) is 0 Å². The van der Waals surface area contributed by atoms with Gasteiger partial charge >= 0.3 is 0 Å². The first kappa shape index (κ1) is 14.8. The maximum absolute atomic E-state index is 12.1. The van der Waals surface area contributed by atoms with Crippen molar-refractivity contribution >= 4 is 11.8 Å². The van der Waals surface area contributed by atoms with Crippen LogP contribution in [0, 0.1) is 0 Å². The minimum atomic E-state index is -0.444. The minimum absolute atomic E-state index is 0.170. The molecule has 0 spiro atoms. The molecule has 0 atom stereocenters. The Balaban J connectivity index is 2.03. The van der Waals surface area contributed by atoms with Crippen LogP contribution >= 0.6 is 0 Å². The highest BCUT2D eigenvalue weighted by Crippen LogP contribution is 2.17. The van der Waals surface area contributed by atoms with Gasteiger partial charge in [-0.15, -0.1) is 0 Å². The summed E-state index contributed by atoms with van der Waals surface area (Å²) in [5.74, 6) is -0.303. The lowest BCUT2D eigenvalue weighted by Gasteiger charge is -2.09. The first-order chi connectivity index (χ1) is 10.2. The lowest BCUT2D eigenvalue weighted by molar-refractivity contribution is -0.119. The van der Waals surface area contributed by atoms with E-state index < -0.39 is 5.91 Å². The van der Waals surface area contributed by atoms with Gasteiger partial charge in [0.05, 0.1) is 18.6 Å². The molecule has 0 saturated heterocycles. The van der Waals surface area contributed by atoms with Crippen molar-refractivity contribution in [3.8, 4) is 5.75 Å². The van der Waals surface area contributed by atoms with Crippen LogP contribution in [0.4, 0.5) is 0 Å². The van der Waals surface area contributed by atoms with E-state index in [0.717, 1.165) is 5.56 Å². The van der Waals surface area contributed by atoms with Gasteiger partial charge in [0.15, 0.2) is 0 Å². The van der Waals surface area contributed by atoms with Crippen molar-refractivity contribution in [2.75, 3.05) is 6.61 Å². The van der Waals surface area contributed by atoms with E-state index in [9.17, 15) is 9.59 Å². The number of amides is 2. The number of rotatable bonds is 5. The van der Waals surface area contributed by atoms with Crippen molar-refractivity contribution in [2.45, 2.75) is 13.3 Å². The Bertz CT molecular complexity index is 623. The fourth-order valence-corrected chi connectivity index (χ4v) is 1.96. The molecule has 0 aromatic heterocycles. The number of benzene rings is 2. The van der Waals surface area contributed by atoms with Crippen LogP contribution in [0.3, 0.4) is 0 Å². The fourth-order valence-electron chi connectivity index (χ4n) is 1.96. The average Bonchev–Trinajstić information content (AvgIpc) is 2.49. The molecule has 0 aliphatic heterocycles. The summed E-state index contributed by atoms with van der Waals surface area (Å²) >= 11 is 0. The number of carbonyl (C=O) groups is 2. The summed E-state index contributed by atoms with van der Waals surface area (Å²) in [6.07, 6.45) is 0.170. The third-order valence-electron chi connectivity index (χ3n) is 2.89. The molecule has 4 heteroatoms. The Morgan fingerprint density at radius 3 is 2.38 bits per heavy atom. The van der Waals surface area contributed by atoms with Gasteiger partial charge in [0, 0.05) is 0 Å². The number of para-hydroxylation sites is 1. The zero-order chi connectivity index (χ0) is 15.1. The summed E-state index contributed by atoms with van der Waals surface area (Å²) in [4.78, 5) is 24.0. The summed E-state index contributed by atoms with van der Waals surface area (Å²) in [5, 5.41) is 2.39. The van der Waals surface area contributed by atoms with Gasteiger partial charge in [-0.2, -0.15) is 0 Å². The van der Waals surface area contributed by atoms with E-state index in [1.54, 1.807) is 24.3 Å². The van der Waals surface area contributed by atoms with Crippen molar-refractivity contribution < 1.29 is 14.3 Å². The van der Waals surface area contributed by atoms with Crippen molar-refractivity contribution in [3.63, 3.8) is 0 Å². The lowest BCUT2D eigenvalue weighted by atomic mass is 10.1. The Labute approximate surface area is 123 Å². The largest absolute Gasteiger partial charge is 0.493 e. The topological polar surface area (TPSA) is 55.4 Å². The van der Waals surface area contributed by atoms with Crippen molar-refractivity contribution in [1.82, 2.24) is 5.32 Å². The van der Waals surface area contributed by atoms with E-state index in [2.05, 4.69) is 5.32 Å². The van der Waals surface area contributed by atoms with Gasteiger partial charge in [0.2, 0.25) is 5.91 Å². The van der Waals surface area contributed by atoms with Crippen LogP contribution in [-0.4, -0.2) is 18.4 Å². The maximum Gasteiger partial charge on any atom is 0.261 e. The second-order valence-corrected chi connectivity index (χ2v) is 4.47. The van der Waals surface area contributed by atoms with E-state index in [-0.39, 0.29) is 12.3 Å². The highest BCUT2D eigenvalue weighted by atomic mass is 16.5. The predicted molar refractivity (Wildman–Crippen MR) is 80.2 cm³/mol. The Kier molecular flexibility index (Phi) is 5.10. The molecule has 0 saturated carbocycles. The molecular weight excluding hydrogens is 266 g/mol.